The van der Waals surface area contributed by atoms with Gasteiger partial charge in [-0.25, -0.2) is 15.0 Å². The summed E-state index contributed by atoms with van der Waals surface area (Å²) in [5.41, 5.74) is 12.5. The van der Waals surface area contributed by atoms with Gasteiger partial charge >= 0.3 is 0 Å². The molecule has 0 N–H and O–H groups in total. The molecule has 0 radical (unpaired) electrons. The zero-order valence-corrected chi connectivity index (χ0v) is 27.2. The van der Waals surface area contributed by atoms with Crippen LogP contribution < -0.4 is 0 Å². The maximum atomic E-state index is 5.19. The second-order valence-electron chi connectivity index (χ2n) is 12.5. The number of aromatic nitrogens is 3. The van der Waals surface area contributed by atoms with E-state index in [4.69, 9.17) is 15.0 Å². The van der Waals surface area contributed by atoms with Gasteiger partial charge in [-0.15, -0.1) is 0 Å². The van der Waals surface area contributed by atoms with Gasteiger partial charge in [0.1, 0.15) is 0 Å². The Bertz CT molecular complexity index is 2560. The van der Waals surface area contributed by atoms with E-state index in [9.17, 15) is 0 Å². The fraction of sp³-hybridized carbons (Fsp3) is 0. The van der Waals surface area contributed by atoms with Crippen LogP contribution >= 0.6 is 0 Å². The lowest BCUT2D eigenvalue weighted by Gasteiger charge is -2.14. The Hall–Kier alpha value is -6.71. The first-order valence-electron chi connectivity index (χ1n) is 16.9. The molecule has 0 amide bonds. The van der Waals surface area contributed by atoms with Crippen molar-refractivity contribution in [2.45, 2.75) is 0 Å². The molecular weight excluding hydrogens is 607 g/mol. The van der Waals surface area contributed by atoms with Crippen LogP contribution in [0.4, 0.5) is 0 Å². The van der Waals surface area contributed by atoms with Gasteiger partial charge in [-0.3, -0.25) is 0 Å². The van der Waals surface area contributed by atoms with E-state index in [0.29, 0.717) is 5.82 Å². The third-order valence-electron chi connectivity index (χ3n) is 9.26. The first-order chi connectivity index (χ1) is 24.8. The Kier molecular flexibility index (Phi) is 7.49. The summed E-state index contributed by atoms with van der Waals surface area (Å²) < 4.78 is 0. The maximum absolute atomic E-state index is 5.19. The lowest BCUT2D eigenvalue weighted by atomic mass is 9.92. The molecule has 50 heavy (non-hydrogen) atoms. The van der Waals surface area contributed by atoms with Gasteiger partial charge in [0.15, 0.2) is 5.82 Å². The van der Waals surface area contributed by atoms with E-state index in [2.05, 4.69) is 146 Å². The van der Waals surface area contributed by atoms with Crippen molar-refractivity contribution in [3.8, 4) is 67.4 Å². The molecule has 0 atom stereocenters. The van der Waals surface area contributed by atoms with Crippen molar-refractivity contribution in [3.63, 3.8) is 0 Å². The average Bonchev–Trinajstić information content (AvgIpc) is 3.21. The van der Waals surface area contributed by atoms with Crippen LogP contribution in [-0.2, 0) is 0 Å². The molecule has 0 aliphatic rings. The van der Waals surface area contributed by atoms with Gasteiger partial charge in [0.05, 0.1) is 22.6 Å². The number of rotatable bonds is 6. The monoisotopic (exact) mass is 637 g/mol. The molecule has 2 heterocycles. The van der Waals surface area contributed by atoms with Crippen LogP contribution in [0.2, 0.25) is 0 Å². The molecule has 9 rings (SSSR count). The molecule has 0 spiro atoms. The molecular formula is C47H31N3. The summed E-state index contributed by atoms with van der Waals surface area (Å²) in [5.74, 6) is 0.709. The number of hydrogen-bond donors (Lipinski definition) is 0. The van der Waals surface area contributed by atoms with Crippen LogP contribution in [0.25, 0.3) is 89.1 Å². The summed E-state index contributed by atoms with van der Waals surface area (Å²) in [6.07, 6.45) is 0. The molecule has 0 bridgehead atoms. The van der Waals surface area contributed by atoms with E-state index in [1.807, 2.05) is 42.5 Å². The van der Waals surface area contributed by atoms with Gasteiger partial charge in [0, 0.05) is 27.6 Å². The van der Waals surface area contributed by atoms with E-state index in [1.165, 1.54) is 21.9 Å². The maximum Gasteiger partial charge on any atom is 0.160 e. The highest BCUT2D eigenvalue weighted by Gasteiger charge is 2.15. The van der Waals surface area contributed by atoms with Gasteiger partial charge < -0.3 is 0 Å². The van der Waals surface area contributed by atoms with E-state index < -0.39 is 0 Å². The molecule has 7 aromatic carbocycles. The SMILES string of the molecule is c1ccc(-c2cc(-c3cccc(-c4ccc5ccc6nc(-c7ccccc7)cc(-c7ccccc7)c6c5c4)c3)nc(-c3ccccc3)n2)cc1. The Labute approximate surface area is 291 Å². The normalized spacial score (nSPS) is 11.2. The van der Waals surface area contributed by atoms with Crippen molar-refractivity contribution in [1.82, 2.24) is 15.0 Å². The smallest absolute Gasteiger partial charge is 0.160 e. The van der Waals surface area contributed by atoms with E-state index in [-0.39, 0.29) is 0 Å². The molecule has 0 aliphatic heterocycles. The summed E-state index contributed by atoms with van der Waals surface area (Å²) in [6, 6.07) is 65.7. The van der Waals surface area contributed by atoms with Crippen molar-refractivity contribution in [2.75, 3.05) is 0 Å². The van der Waals surface area contributed by atoms with Crippen LogP contribution in [0.3, 0.4) is 0 Å². The van der Waals surface area contributed by atoms with Crippen molar-refractivity contribution in [2.24, 2.45) is 0 Å². The Balaban J connectivity index is 1.20. The highest BCUT2D eigenvalue weighted by molar-refractivity contribution is 6.14. The third kappa shape index (κ3) is 5.61. The first-order valence-corrected chi connectivity index (χ1v) is 16.9. The van der Waals surface area contributed by atoms with Crippen molar-refractivity contribution in [1.29, 1.82) is 0 Å². The fourth-order valence-electron chi connectivity index (χ4n) is 6.76. The van der Waals surface area contributed by atoms with Crippen molar-refractivity contribution in [3.05, 3.63) is 188 Å². The number of nitrogens with zero attached hydrogens (tertiary/aromatic N) is 3. The molecule has 0 saturated carbocycles. The van der Waals surface area contributed by atoms with Crippen LogP contribution in [0, 0.1) is 0 Å². The Morgan fingerprint density at radius 2 is 0.800 bits per heavy atom. The standard InChI is InChI=1S/C47H31N3/c1-5-14-32(15-6-1)41-30-43(34-16-7-2-8-17-34)48-42-27-26-33-24-25-38(29-40(33)46(41)42)37-22-13-23-39(28-37)45-31-44(35-18-9-3-10-19-35)49-47(50-45)36-20-11-4-12-21-36/h1-31H. The molecule has 3 nitrogen and oxygen atoms in total. The summed E-state index contributed by atoms with van der Waals surface area (Å²) in [4.78, 5) is 15.3. The molecule has 0 saturated heterocycles. The zero-order valence-electron chi connectivity index (χ0n) is 27.2. The fourth-order valence-corrected chi connectivity index (χ4v) is 6.76. The molecule has 3 heteroatoms. The molecule has 0 fully saturated rings. The number of benzene rings is 7. The molecule has 0 aliphatic carbocycles. The summed E-state index contributed by atoms with van der Waals surface area (Å²) in [6.45, 7) is 0. The predicted molar refractivity (Wildman–Crippen MR) is 207 cm³/mol. The largest absolute Gasteiger partial charge is 0.248 e. The average molecular weight is 638 g/mol. The summed E-state index contributed by atoms with van der Waals surface area (Å²) in [5, 5.41) is 3.51. The van der Waals surface area contributed by atoms with Gasteiger partial charge in [-0.1, -0.05) is 158 Å². The van der Waals surface area contributed by atoms with E-state index in [0.717, 1.165) is 61.4 Å². The summed E-state index contributed by atoms with van der Waals surface area (Å²) >= 11 is 0. The van der Waals surface area contributed by atoms with Gasteiger partial charge in [0.25, 0.3) is 0 Å². The third-order valence-corrected chi connectivity index (χ3v) is 9.26. The minimum atomic E-state index is 0.709. The molecule has 234 valence electrons. The van der Waals surface area contributed by atoms with Gasteiger partial charge in [-0.05, 0) is 63.4 Å². The van der Waals surface area contributed by atoms with E-state index >= 15 is 0 Å². The van der Waals surface area contributed by atoms with Gasteiger partial charge in [0.2, 0.25) is 0 Å². The quantitative estimate of drug-likeness (QED) is 0.170. The highest BCUT2D eigenvalue weighted by atomic mass is 14.9. The van der Waals surface area contributed by atoms with Crippen molar-refractivity contribution < 1.29 is 0 Å². The van der Waals surface area contributed by atoms with Crippen LogP contribution in [0.5, 0.6) is 0 Å². The lowest BCUT2D eigenvalue weighted by molar-refractivity contribution is 1.18. The topological polar surface area (TPSA) is 38.7 Å². The van der Waals surface area contributed by atoms with Crippen LogP contribution in [0.1, 0.15) is 0 Å². The first kappa shape index (κ1) is 29.4. The molecule has 0 unspecified atom stereocenters. The minimum absolute atomic E-state index is 0.709. The number of hydrogen-bond acceptors (Lipinski definition) is 3. The predicted octanol–water partition coefficient (Wildman–Crippen LogP) is 12.2. The van der Waals surface area contributed by atoms with E-state index in [1.54, 1.807) is 0 Å². The molecule has 2 aromatic heterocycles. The second kappa shape index (κ2) is 12.7. The lowest BCUT2D eigenvalue weighted by Crippen LogP contribution is -1.96. The summed E-state index contributed by atoms with van der Waals surface area (Å²) in [7, 11) is 0. The second-order valence-corrected chi connectivity index (χ2v) is 12.5. The Morgan fingerprint density at radius 1 is 0.300 bits per heavy atom. The van der Waals surface area contributed by atoms with Crippen LogP contribution in [-0.4, -0.2) is 15.0 Å². The molecule has 9 aromatic rings. The Morgan fingerprint density at radius 3 is 1.46 bits per heavy atom. The zero-order chi connectivity index (χ0) is 33.3. The van der Waals surface area contributed by atoms with Gasteiger partial charge in [-0.2, -0.15) is 0 Å². The number of pyridine rings is 1. The highest BCUT2D eigenvalue weighted by Crippen LogP contribution is 2.39. The minimum Gasteiger partial charge on any atom is -0.248 e. The van der Waals surface area contributed by atoms with Crippen LogP contribution in [0.15, 0.2) is 188 Å². The number of fused-ring (bicyclic) bond motifs is 3. The van der Waals surface area contributed by atoms with Crippen molar-refractivity contribution >= 4 is 21.7 Å².